The van der Waals surface area contributed by atoms with E-state index in [2.05, 4.69) is 52.1 Å². The van der Waals surface area contributed by atoms with Crippen molar-refractivity contribution in [1.29, 1.82) is 0 Å². The minimum absolute atomic E-state index is 0.275. The van der Waals surface area contributed by atoms with Gasteiger partial charge in [-0.05, 0) is 25.3 Å². The molecule has 0 aliphatic rings. The van der Waals surface area contributed by atoms with Crippen LogP contribution in [0.3, 0.4) is 0 Å². The Hall–Kier alpha value is -1.02. The zero-order valence-corrected chi connectivity index (χ0v) is 11.9. The molecule has 1 N–H and O–H groups in total. The summed E-state index contributed by atoms with van der Waals surface area (Å²) in [6.07, 6.45) is 0. The Balaban J connectivity index is 2.72. The van der Waals surface area contributed by atoms with Crippen LogP contribution < -0.4 is 10.1 Å². The molecule has 0 fully saturated rings. The van der Waals surface area contributed by atoms with Crippen LogP contribution in [0.15, 0.2) is 18.2 Å². The lowest BCUT2D eigenvalue weighted by molar-refractivity contribution is 0.283. The topological polar surface area (TPSA) is 21.3 Å². The fourth-order valence-electron chi connectivity index (χ4n) is 1.61. The average Bonchev–Trinajstić information content (AvgIpc) is 2.24. The number of methoxy groups -OCH3 is 1. The molecular weight excluding hydrogens is 210 g/mol. The highest BCUT2D eigenvalue weighted by Gasteiger charge is 2.19. The van der Waals surface area contributed by atoms with Crippen molar-refractivity contribution in [2.75, 3.05) is 7.11 Å². The van der Waals surface area contributed by atoms with Gasteiger partial charge in [-0.1, -0.05) is 38.5 Å². The van der Waals surface area contributed by atoms with Gasteiger partial charge in [0.15, 0.2) is 0 Å². The van der Waals surface area contributed by atoms with Crippen molar-refractivity contribution >= 4 is 0 Å². The summed E-state index contributed by atoms with van der Waals surface area (Å²) in [5.41, 5.74) is 2.77. The van der Waals surface area contributed by atoms with Crippen molar-refractivity contribution in [1.82, 2.24) is 5.32 Å². The van der Waals surface area contributed by atoms with E-state index in [9.17, 15) is 0 Å². The molecule has 2 nitrogen and oxygen atoms in total. The molecule has 0 heterocycles. The van der Waals surface area contributed by atoms with Crippen LogP contribution in [0.25, 0.3) is 0 Å². The molecule has 0 spiro atoms. The lowest BCUT2D eigenvalue weighted by Crippen LogP contribution is -2.37. The van der Waals surface area contributed by atoms with Crippen LogP contribution in [-0.2, 0) is 6.54 Å². The third kappa shape index (κ3) is 4.04. The standard InChI is InChI=1S/C15H25NO/c1-11-7-8-14(17-6)13(9-11)10-16-12(2)15(3,4)5/h7-9,12,16H,10H2,1-6H3. The zero-order valence-electron chi connectivity index (χ0n) is 11.9. The second kappa shape index (κ2) is 5.54. The first kappa shape index (κ1) is 14.0. The smallest absolute Gasteiger partial charge is 0.123 e. The molecule has 17 heavy (non-hydrogen) atoms. The Morgan fingerprint density at radius 2 is 1.94 bits per heavy atom. The van der Waals surface area contributed by atoms with Crippen LogP contribution >= 0.6 is 0 Å². The van der Waals surface area contributed by atoms with E-state index in [4.69, 9.17) is 4.74 Å². The number of benzene rings is 1. The molecule has 1 rings (SSSR count). The Labute approximate surface area is 105 Å². The van der Waals surface area contributed by atoms with Gasteiger partial charge in [0.05, 0.1) is 7.11 Å². The Morgan fingerprint density at radius 3 is 2.47 bits per heavy atom. The average molecular weight is 235 g/mol. The fourth-order valence-corrected chi connectivity index (χ4v) is 1.61. The number of rotatable bonds is 4. The third-order valence-corrected chi connectivity index (χ3v) is 3.33. The maximum Gasteiger partial charge on any atom is 0.123 e. The molecule has 2 heteroatoms. The largest absolute Gasteiger partial charge is 0.496 e. The summed E-state index contributed by atoms with van der Waals surface area (Å²) in [5, 5.41) is 3.56. The number of aryl methyl sites for hydroxylation is 1. The van der Waals surface area contributed by atoms with Gasteiger partial charge >= 0.3 is 0 Å². The molecule has 1 aromatic carbocycles. The quantitative estimate of drug-likeness (QED) is 0.862. The van der Waals surface area contributed by atoms with Gasteiger partial charge in [0.1, 0.15) is 5.75 Å². The first-order chi connectivity index (χ1) is 7.84. The maximum atomic E-state index is 5.38. The van der Waals surface area contributed by atoms with Gasteiger partial charge in [0.2, 0.25) is 0 Å². The van der Waals surface area contributed by atoms with Gasteiger partial charge in [0.25, 0.3) is 0 Å². The maximum absolute atomic E-state index is 5.38. The zero-order chi connectivity index (χ0) is 13.1. The molecule has 0 saturated heterocycles. The van der Waals surface area contributed by atoms with E-state index >= 15 is 0 Å². The number of ether oxygens (including phenoxy) is 1. The van der Waals surface area contributed by atoms with Crippen LogP contribution in [0, 0.1) is 12.3 Å². The first-order valence-corrected chi connectivity index (χ1v) is 6.21. The molecule has 0 radical (unpaired) electrons. The van der Waals surface area contributed by atoms with E-state index in [1.54, 1.807) is 7.11 Å². The summed E-state index contributed by atoms with van der Waals surface area (Å²) in [6, 6.07) is 6.76. The Bertz CT molecular complexity index is 366. The molecule has 0 aliphatic heterocycles. The molecule has 96 valence electrons. The van der Waals surface area contributed by atoms with E-state index in [-0.39, 0.29) is 5.41 Å². The normalized spacial score (nSPS) is 13.5. The molecule has 1 aromatic rings. The SMILES string of the molecule is COc1ccc(C)cc1CNC(C)C(C)(C)C. The second-order valence-electron chi connectivity index (χ2n) is 5.78. The molecule has 0 bridgehead atoms. The van der Waals surface area contributed by atoms with Gasteiger partial charge in [0, 0.05) is 18.2 Å². The predicted molar refractivity (Wildman–Crippen MR) is 73.5 cm³/mol. The highest BCUT2D eigenvalue weighted by atomic mass is 16.5. The highest BCUT2D eigenvalue weighted by molar-refractivity contribution is 5.36. The lowest BCUT2D eigenvalue weighted by atomic mass is 9.88. The van der Waals surface area contributed by atoms with Gasteiger partial charge in [-0.25, -0.2) is 0 Å². The van der Waals surface area contributed by atoms with E-state index in [0.29, 0.717) is 6.04 Å². The summed E-state index contributed by atoms with van der Waals surface area (Å²) < 4.78 is 5.38. The van der Waals surface area contributed by atoms with Crippen LogP contribution in [0.2, 0.25) is 0 Å². The minimum atomic E-state index is 0.275. The molecule has 0 amide bonds. The summed E-state index contributed by atoms with van der Waals surface area (Å²) >= 11 is 0. The van der Waals surface area contributed by atoms with Crippen molar-refractivity contribution in [3.05, 3.63) is 29.3 Å². The monoisotopic (exact) mass is 235 g/mol. The molecule has 1 atom stereocenters. The number of nitrogens with one attached hydrogen (secondary N) is 1. The minimum Gasteiger partial charge on any atom is -0.496 e. The van der Waals surface area contributed by atoms with Gasteiger partial charge < -0.3 is 10.1 Å². The second-order valence-corrected chi connectivity index (χ2v) is 5.78. The van der Waals surface area contributed by atoms with Gasteiger partial charge in [-0.2, -0.15) is 0 Å². The predicted octanol–water partition coefficient (Wildman–Crippen LogP) is 3.53. The Kier molecular flexibility index (Phi) is 4.58. The van der Waals surface area contributed by atoms with E-state index in [1.807, 2.05) is 6.07 Å². The fraction of sp³-hybridized carbons (Fsp3) is 0.600. The highest BCUT2D eigenvalue weighted by Crippen LogP contribution is 2.22. The summed E-state index contributed by atoms with van der Waals surface area (Å²) in [5.74, 6) is 0.962. The van der Waals surface area contributed by atoms with Gasteiger partial charge in [-0.15, -0.1) is 0 Å². The van der Waals surface area contributed by atoms with Crippen molar-refractivity contribution in [3.8, 4) is 5.75 Å². The van der Waals surface area contributed by atoms with E-state index in [0.717, 1.165) is 12.3 Å². The van der Waals surface area contributed by atoms with Gasteiger partial charge in [-0.3, -0.25) is 0 Å². The summed E-state index contributed by atoms with van der Waals surface area (Å²) in [6.45, 7) is 11.9. The molecule has 0 aromatic heterocycles. The molecular formula is C15H25NO. The van der Waals surface area contributed by atoms with Crippen molar-refractivity contribution in [2.45, 2.75) is 47.2 Å². The van der Waals surface area contributed by atoms with Crippen LogP contribution in [0.5, 0.6) is 5.75 Å². The van der Waals surface area contributed by atoms with Crippen LogP contribution in [0.1, 0.15) is 38.8 Å². The first-order valence-electron chi connectivity index (χ1n) is 6.21. The number of hydrogen-bond donors (Lipinski definition) is 1. The summed E-state index contributed by atoms with van der Waals surface area (Å²) in [7, 11) is 1.72. The number of hydrogen-bond acceptors (Lipinski definition) is 2. The Morgan fingerprint density at radius 1 is 1.29 bits per heavy atom. The van der Waals surface area contributed by atoms with Crippen LogP contribution in [0.4, 0.5) is 0 Å². The third-order valence-electron chi connectivity index (χ3n) is 3.33. The van der Waals surface area contributed by atoms with Crippen LogP contribution in [-0.4, -0.2) is 13.2 Å². The molecule has 0 aliphatic carbocycles. The van der Waals surface area contributed by atoms with Crippen molar-refractivity contribution in [2.24, 2.45) is 5.41 Å². The van der Waals surface area contributed by atoms with E-state index in [1.165, 1.54) is 11.1 Å². The van der Waals surface area contributed by atoms with Crippen molar-refractivity contribution in [3.63, 3.8) is 0 Å². The van der Waals surface area contributed by atoms with E-state index < -0.39 is 0 Å². The lowest BCUT2D eigenvalue weighted by Gasteiger charge is -2.28. The summed E-state index contributed by atoms with van der Waals surface area (Å²) in [4.78, 5) is 0. The molecule has 0 saturated carbocycles. The van der Waals surface area contributed by atoms with Crippen molar-refractivity contribution < 1.29 is 4.74 Å². The molecule has 1 unspecified atom stereocenters.